The fourth-order valence-corrected chi connectivity index (χ4v) is 13.0. The van der Waals surface area contributed by atoms with Gasteiger partial charge in [0.2, 0.25) is 0 Å². The Labute approximate surface area is 300 Å². The normalized spacial score (nSPS) is 28.2. The molecule has 254 valence electrons. The van der Waals surface area contributed by atoms with E-state index in [0.717, 1.165) is 47.9 Å². The number of fused-ring (bicyclic) bond motifs is 32. The zero-order chi connectivity index (χ0) is 34.3. The van der Waals surface area contributed by atoms with Gasteiger partial charge in [-0.15, -0.1) is 0 Å². The lowest BCUT2D eigenvalue weighted by atomic mass is 9.74. The number of rotatable bonds is 6. The minimum Gasteiger partial charge on any atom is -0.481 e. The van der Waals surface area contributed by atoms with Crippen LogP contribution in [-0.2, 0) is 9.59 Å². The molecule has 8 aliphatic carbocycles. The van der Waals surface area contributed by atoms with Crippen LogP contribution < -0.4 is 9.47 Å². The largest absolute Gasteiger partial charge is 0.481 e. The van der Waals surface area contributed by atoms with Crippen LogP contribution in [0.3, 0.4) is 0 Å². The summed E-state index contributed by atoms with van der Waals surface area (Å²) in [5.41, 5.74) is 21.0. The highest BCUT2D eigenvalue weighted by atomic mass is 16.5. The average Bonchev–Trinajstić information content (AvgIpc) is 4.02. The van der Waals surface area contributed by atoms with Crippen LogP contribution in [0.4, 0.5) is 0 Å². The molecule has 0 unspecified atom stereocenters. The molecule has 0 aliphatic heterocycles. The number of hydrogen-bond acceptors (Lipinski definition) is 4. The van der Waals surface area contributed by atoms with E-state index in [1.165, 1.54) is 66.8 Å². The summed E-state index contributed by atoms with van der Waals surface area (Å²) < 4.78 is 12.9. The van der Waals surface area contributed by atoms with Gasteiger partial charge in [0.25, 0.3) is 0 Å². The predicted octanol–water partition coefficient (Wildman–Crippen LogP) is 8.54. The van der Waals surface area contributed by atoms with Crippen molar-refractivity contribution in [3.05, 3.63) is 162 Å². The minimum atomic E-state index is -0.999. The highest BCUT2D eigenvalue weighted by Crippen LogP contribution is 2.71. The van der Waals surface area contributed by atoms with Crippen molar-refractivity contribution in [2.24, 2.45) is 0 Å². The summed E-state index contributed by atoms with van der Waals surface area (Å²) in [7, 11) is 0. The Hall–Kier alpha value is -5.36. The van der Waals surface area contributed by atoms with Crippen LogP contribution in [0, 0.1) is 0 Å². The molecular formula is C46H34O6. The monoisotopic (exact) mass is 682 g/mol. The van der Waals surface area contributed by atoms with Crippen LogP contribution in [0.5, 0.6) is 11.5 Å². The van der Waals surface area contributed by atoms with Gasteiger partial charge in [0, 0.05) is 69.6 Å². The summed E-state index contributed by atoms with van der Waals surface area (Å²) in [5, 5.41) is 19.9. The number of aliphatic carboxylic acids is 2. The molecule has 8 aliphatic rings. The van der Waals surface area contributed by atoms with Crippen LogP contribution in [0.25, 0.3) is 0 Å². The lowest BCUT2D eigenvalue weighted by molar-refractivity contribution is -0.140. The molecule has 52 heavy (non-hydrogen) atoms. The Morgan fingerprint density at radius 3 is 0.942 bits per heavy atom. The number of benzene rings is 5. The summed E-state index contributed by atoms with van der Waals surface area (Å²) in [5.74, 6) is 1.25. The molecule has 0 amide bonds. The number of carbonyl (C=O) groups is 2. The molecule has 8 atom stereocenters. The quantitative estimate of drug-likeness (QED) is 0.187. The zero-order valence-corrected chi connectivity index (χ0v) is 28.3. The van der Waals surface area contributed by atoms with E-state index in [1.54, 1.807) is 0 Å². The summed E-state index contributed by atoms with van der Waals surface area (Å²) in [4.78, 5) is 24.2. The molecule has 0 radical (unpaired) electrons. The van der Waals surface area contributed by atoms with E-state index < -0.39 is 25.2 Å². The predicted molar refractivity (Wildman–Crippen MR) is 192 cm³/mol. The molecule has 6 heteroatoms. The summed E-state index contributed by atoms with van der Waals surface area (Å²) in [6.07, 6.45) is 3.96. The van der Waals surface area contributed by atoms with E-state index >= 15 is 0 Å². The molecule has 2 N–H and O–H groups in total. The van der Waals surface area contributed by atoms with E-state index in [-0.39, 0.29) is 23.7 Å². The van der Waals surface area contributed by atoms with Crippen molar-refractivity contribution in [3.8, 4) is 11.5 Å². The first-order valence-corrected chi connectivity index (χ1v) is 18.9. The number of hydrogen-bond donors (Lipinski definition) is 2. The first kappa shape index (κ1) is 28.3. The smallest absolute Gasteiger partial charge is 0.341 e. The SMILES string of the molecule is O=C(O)COc1c2c(c(OCC(=O)O)c3c1[C@H]1C[C@@H]3c3cc4c(cc31)[C@H]1C[C@@H]4c3ccccc31)[C@H]1C[C@@H]2c2cc3c(cc21)[C@H]1C[C@@H]3c2ccccc21. The Balaban J connectivity index is 1.01. The molecule has 13 rings (SSSR count). The van der Waals surface area contributed by atoms with E-state index in [1.807, 2.05) is 0 Å². The van der Waals surface area contributed by atoms with Crippen LogP contribution >= 0.6 is 0 Å². The summed E-state index contributed by atoms with van der Waals surface area (Å²) in [6.45, 7) is -0.837. The number of ether oxygens (including phenoxy) is 2. The van der Waals surface area contributed by atoms with Crippen molar-refractivity contribution in [1.29, 1.82) is 0 Å². The standard InChI is InChI=1S/C46H34O6/c47-39(48)17-51-45-41-35-15-36(32-12-28-24-9-23(27(28)11-31(32)35)19-5-1-2-6-20(19)24)42(41)46(52-18-40(49)50)44-38-16-37(43(44)45)33-13-29-25-10-26(30(29)14-34(33)38)22-8-4-3-7-21(22)25/h1-8,11-14,23-26,35-38H,9-10,15-18H2,(H,47,48)(H,49,50)/t23-,24+,25+,26-,35-,36+,37+,38-. The van der Waals surface area contributed by atoms with Gasteiger partial charge in [0.05, 0.1) is 0 Å². The van der Waals surface area contributed by atoms with Gasteiger partial charge in [-0.25, -0.2) is 9.59 Å². The number of carboxylic acid groups (broad SMARTS) is 2. The Morgan fingerprint density at radius 2 is 0.673 bits per heavy atom. The van der Waals surface area contributed by atoms with Crippen molar-refractivity contribution in [1.82, 2.24) is 0 Å². The Morgan fingerprint density at radius 1 is 0.423 bits per heavy atom. The van der Waals surface area contributed by atoms with E-state index in [0.29, 0.717) is 35.2 Å². The van der Waals surface area contributed by atoms with E-state index in [9.17, 15) is 19.8 Å². The van der Waals surface area contributed by atoms with Crippen molar-refractivity contribution < 1.29 is 29.3 Å². The molecule has 0 aromatic heterocycles. The number of carboxylic acids is 2. The van der Waals surface area contributed by atoms with Crippen LogP contribution in [-0.4, -0.2) is 35.4 Å². The van der Waals surface area contributed by atoms with Crippen LogP contribution in [0.2, 0.25) is 0 Å². The molecule has 0 heterocycles. The van der Waals surface area contributed by atoms with E-state index in [4.69, 9.17) is 9.47 Å². The summed E-state index contributed by atoms with van der Waals surface area (Å²) >= 11 is 0. The van der Waals surface area contributed by atoms with Crippen LogP contribution in [0.15, 0.2) is 72.8 Å². The van der Waals surface area contributed by atoms with Crippen molar-refractivity contribution >= 4 is 11.9 Å². The molecule has 8 bridgehead atoms. The highest BCUT2D eigenvalue weighted by Gasteiger charge is 2.55. The van der Waals surface area contributed by atoms with Crippen molar-refractivity contribution in [2.45, 2.75) is 73.0 Å². The maximum Gasteiger partial charge on any atom is 0.341 e. The molecule has 0 fully saturated rings. The third-order valence-electron chi connectivity index (χ3n) is 14.6. The molecule has 0 saturated carbocycles. The maximum absolute atomic E-state index is 12.1. The summed E-state index contributed by atoms with van der Waals surface area (Å²) in [6, 6.07) is 27.6. The minimum absolute atomic E-state index is 0.0433. The molecule has 5 aromatic rings. The lowest BCUT2D eigenvalue weighted by Gasteiger charge is -2.33. The van der Waals surface area contributed by atoms with Gasteiger partial charge in [0.15, 0.2) is 13.2 Å². The third-order valence-corrected chi connectivity index (χ3v) is 14.6. The second-order valence-corrected chi connectivity index (χ2v) is 16.5. The molecular weight excluding hydrogens is 649 g/mol. The highest BCUT2D eigenvalue weighted by molar-refractivity contribution is 5.80. The first-order chi connectivity index (χ1) is 25.4. The van der Waals surface area contributed by atoms with Gasteiger partial charge in [0.1, 0.15) is 11.5 Å². The maximum atomic E-state index is 12.1. The van der Waals surface area contributed by atoms with Gasteiger partial charge in [-0.1, -0.05) is 72.8 Å². The second-order valence-electron chi connectivity index (χ2n) is 16.5. The third kappa shape index (κ3) is 3.21. The van der Waals surface area contributed by atoms with E-state index in [2.05, 4.69) is 72.8 Å². The van der Waals surface area contributed by atoms with Gasteiger partial charge >= 0.3 is 11.9 Å². The molecule has 0 saturated heterocycles. The van der Waals surface area contributed by atoms with Gasteiger partial charge in [-0.05, 0) is 92.4 Å². The molecule has 5 aromatic carbocycles. The van der Waals surface area contributed by atoms with Gasteiger partial charge in [-0.3, -0.25) is 0 Å². The average molecular weight is 683 g/mol. The topological polar surface area (TPSA) is 93.1 Å². The van der Waals surface area contributed by atoms with Gasteiger partial charge in [-0.2, -0.15) is 0 Å². The Kier molecular flexibility index (Phi) is 5.08. The van der Waals surface area contributed by atoms with Crippen molar-refractivity contribution in [3.63, 3.8) is 0 Å². The first-order valence-electron chi connectivity index (χ1n) is 18.9. The fourth-order valence-electron chi connectivity index (χ4n) is 13.0. The molecule has 0 spiro atoms. The second kappa shape index (κ2) is 9.35. The van der Waals surface area contributed by atoms with Crippen molar-refractivity contribution in [2.75, 3.05) is 13.2 Å². The molecule has 6 nitrogen and oxygen atoms in total. The zero-order valence-electron chi connectivity index (χ0n) is 28.3. The lowest BCUT2D eigenvalue weighted by Crippen LogP contribution is -2.20. The van der Waals surface area contributed by atoms with Crippen LogP contribution in [0.1, 0.15) is 162 Å². The fraction of sp³-hybridized carbons (Fsp3) is 0.304. The Bertz CT molecular complexity index is 2240. The van der Waals surface area contributed by atoms with Gasteiger partial charge < -0.3 is 19.7 Å².